The number of para-hydroxylation sites is 1. The van der Waals surface area contributed by atoms with Gasteiger partial charge in [0.1, 0.15) is 5.75 Å². The second kappa shape index (κ2) is 8.79. The van der Waals surface area contributed by atoms with Gasteiger partial charge in [0, 0.05) is 26.6 Å². The van der Waals surface area contributed by atoms with Crippen molar-refractivity contribution in [2.45, 2.75) is 32.0 Å². The summed E-state index contributed by atoms with van der Waals surface area (Å²) >= 11 is 0. The third-order valence-corrected chi connectivity index (χ3v) is 4.62. The molecule has 6 nitrogen and oxygen atoms in total. The van der Waals surface area contributed by atoms with Crippen LogP contribution in [-0.2, 0) is 11.3 Å². The van der Waals surface area contributed by atoms with E-state index in [-0.39, 0.29) is 23.3 Å². The molecule has 2 N–H and O–H groups in total. The Labute approximate surface area is 158 Å². The zero-order chi connectivity index (χ0) is 19.2. The zero-order valence-electron chi connectivity index (χ0n) is 15.3. The molecule has 0 radical (unpaired) electrons. The van der Waals surface area contributed by atoms with E-state index in [9.17, 15) is 14.7 Å². The molecule has 0 aromatic heterocycles. The van der Waals surface area contributed by atoms with Gasteiger partial charge in [-0.15, -0.1) is 0 Å². The molecule has 0 aliphatic carbocycles. The third kappa shape index (κ3) is 5.15. The van der Waals surface area contributed by atoms with Crippen LogP contribution in [0, 0.1) is 0 Å². The Morgan fingerprint density at radius 2 is 1.85 bits per heavy atom. The summed E-state index contributed by atoms with van der Waals surface area (Å²) in [5, 5.41) is 13.4. The minimum absolute atomic E-state index is 0.221. The van der Waals surface area contributed by atoms with Crippen LogP contribution in [-0.4, -0.2) is 47.1 Å². The van der Waals surface area contributed by atoms with E-state index >= 15 is 0 Å². The van der Waals surface area contributed by atoms with Gasteiger partial charge in [-0.05, 0) is 24.1 Å². The third-order valence-electron chi connectivity index (χ3n) is 4.62. The maximum atomic E-state index is 12.6. The molecule has 2 aromatic rings. The van der Waals surface area contributed by atoms with Crippen LogP contribution >= 0.6 is 0 Å². The summed E-state index contributed by atoms with van der Waals surface area (Å²) in [7, 11) is 0. The van der Waals surface area contributed by atoms with Crippen LogP contribution in [0.4, 0.5) is 0 Å². The Bertz CT molecular complexity index is 794. The van der Waals surface area contributed by atoms with E-state index in [2.05, 4.69) is 22.3 Å². The molecule has 2 atom stereocenters. The number of benzene rings is 2. The Morgan fingerprint density at radius 3 is 2.56 bits per heavy atom. The van der Waals surface area contributed by atoms with Gasteiger partial charge in [-0.25, -0.2) is 0 Å². The Kier molecular flexibility index (Phi) is 6.21. The lowest BCUT2D eigenvalue weighted by Crippen LogP contribution is -2.53. The predicted octanol–water partition coefficient (Wildman–Crippen LogP) is 1.98. The van der Waals surface area contributed by atoms with Crippen molar-refractivity contribution in [2.75, 3.05) is 13.1 Å². The summed E-state index contributed by atoms with van der Waals surface area (Å²) in [5.41, 5.74) is 1.48. The van der Waals surface area contributed by atoms with Crippen LogP contribution in [0.3, 0.4) is 0 Å². The fraction of sp³-hybridized carbons (Fsp3) is 0.333. The quantitative estimate of drug-likeness (QED) is 0.623. The molecule has 2 aromatic carbocycles. The molecule has 1 aliphatic heterocycles. The average molecular weight is 368 g/mol. The Hall–Kier alpha value is -2.70. The Morgan fingerprint density at radius 1 is 1.15 bits per heavy atom. The van der Waals surface area contributed by atoms with Crippen LogP contribution in [0.5, 0.6) is 5.75 Å². The molecule has 0 bridgehead atoms. The maximum Gasteiger partial charge on any atom is 0.308 e. The van der Waals surface area contributed by atoms with E-state index < -0.39 is 12.1 Å². The minimum atomic E-state index is -0.660. The van der Waals surface area contributed by atoms with E-state index in [0.29, 0.717) is 13.0 Å². The van der Waals surface area contributed by atoms with Crippen LogP contribution in [0.15, 0.2) is 54.6 Å². The number of ether oxygens (including phenoxy) is 1. The molecule has 1 aliphatic rings. The largest absolute Gasteiger partial charge is 0.426 e. The van der Waals surface area contributed by atoms with E-state index in [1.807, 2.05) is 18.2 Å². The van der Waals surface area contributed by atoms with Gasteiger partial charge < -0.3 is 15.2 Å². The van der Waals surface area contributed by atoms with E-state index in [0.717, 1.165) is 13.1 Å². The number of carbonyl (C=O) groups excluding carboxylic acids is 2. The summed E-state index contributed by atoms with van der Waals surface area (Å²) in [5.74, 6) is -0.615. The molecule has 6 heteroatoms. The van der Waals surface area contributed by atoms with Gasteiger partial charge in [0.25, 0.3) is 5.91 Å². The van der Waals surface area contributed by atoms with Crippen molar-refractivity contribution >= 4 is 11.9 Å². The average Bonchev–Trinajstić information content (AvgIpc) is 2.65. The van der Waals surface area contributed by atoms with Crippen molar-refractivity contribution in [1.29, 1.82) is 0 Å². The normalized spacial score (nSPS) is 20.1. The monoisotopic (exact) mass is 368 g/mol. The fourth-order valence-corrected chi connectivity index (χ4v) is 3.29. The number of nitrogens with zero attached hydrogens (tertiary/aromatic N) is 1. The first-order valence-corrected chi connectivity index (χ1v) is 9.05. The highest BCUT2D eigenvalue weighted by Gasteiger charge is 2.29. The molecular formula is C21H24N2O4. The van der Waals surface area contributed by atoms with Gasteiger partial charge in [-0.1, -0.05) is 42.5 Å². The summed E-state index contributed by atoms with van der Waals surface area (Å²) in [4.78, 5) is 26.0. The molecule has 27 heavy (non-hydrogen) atoms. The lowest BCUT2D eigenvalue weighted by Gasteiger charge is -2.36. The molecule has 1 amide bonds. The number of likely N-dealkylation sites (tertiary alicyclic amines) is 1. The fourth-order valence-electron chi connectivity index (χ4n) is 3.29. The van der Waals surface area contributed by atoms with Crippen molar-refractivity contribution < 1.29 is 19.4 Å². The molecule has 3 rings (SSSR count). The number of aliphatic hydroxyl groups excluding tert-OH is 1. The number of hydrogen-bond donors (Lipinski definition) is 2. The molecule has 1 heterocycles. The summed E-state index contributed by atoms with van der Waals surface area (Å²) in [6.07, 6.45) is -0.0116. The van der Waals surface area contributed by atoms with Crippen LogP contribution < -0.4 is 10.1 Å². The van der Waals surface area contributed by atoms with Crippen LogP contribution in [0.25, 0.3) is 0 Å². The number of esters is 1. The van der Waals surface area contributed by atoms with E-state index in [1.54, 1.807) is 24.3 Å². The smallest absolute Gasteiger partial charge is 0.308 e. The van der Waals surface area contributed by atoms with Gasteiger partial charge in [0.05, 0.1) is 17.7 Å². The van der Waals surface area contributed by atoms with Crippen molar-refractivity contribution in [3.05, 3.63) is 65.7 Å². The van der Waals surface area contributed by atoms with Gasteiger partial charge >= 0.3 is 5.97 Å². The molecule has 0 spiro atoms. The van der Waals surface area contributed by atoms with Gasteiger partial charge in [-0.2, -0.15) is 0 Å². The predicted molar refractivity (Wildman–Crippen MR) is 101 cm³/mol. The number of carbonyl (C=O) groups is 2. The van der Waals surface area contributed by atoms with Crippen molar-refractivity contribution in [2.24, 2.45) is 0 Å². The summed E-state index contributed by atoms with van der Waals surface area (Å²) in [6, 6.07) is 16.4. The number of piperidine rings is 1. The van der Waals surface area contributed by atoms with Gasteiger partial charge in [0.15, 0.2) is 0 Å². The molecule has 0 unspecified atom stereocenters. The molecular weight excluding hydrogens is 344 g/mol. The van der Waals surface area contributed by atoms with Gasteiger partial charge in [-0.3, -0.25) is 14.5 Å². The minimum Gasteiger partial charge on any atom is -0.426 e. The first kappa shape index (κ1) is 19.1. The lowest BCUT2D eigenvalue weighted by molar-refractivity contribution is -0.131. The van der Waals surface area contributed by atoms with E-state index in [4.69, 9.17) is 4.74 Å². The number of nitrogens with one attached hydrogen (secondary N) is 1. The molecule has 1 fully saturated rings. The van der Waals surface area contributed by atoms with Crippen LogP contribution in [0.1, 0.15) is 29.3 Å². The number of β-amino-alcohol motifs (C(OH)–C–C–N with tert-alkyl or cyclic N) is 1. The first-order chi connectivity index (χ1) is 13.0. The maximum absolute atomic E-state index is 12.6. The number of amides is 1. The second-order valence-corrected chi connectivity index (χ2v) is 6.75. The van der Waals surface area contributed by atoms with Crippen molar-refractivity contribution in [1.82, 2.24) is 10.2 Å². The SMILES string of the molecule is CC(=O)Oc1ccccc1C(=O)N[C@H]1CCN(Cc2ccccc2)C[C@H]1O. The molecule has 142 valence electrons. The van der Waals surface area contributed by atoms with E-state index in [1.165, 1.54) is 12.5 Å². The number of rotatable bonds is 5. The standard InChI is InChI=1S/C21H24N2O4/c1-15(24)27-20-10-6-5-9-17(20)21(26)22-18-11-12-23(14-19(18)25)13-16-7-3-2-4-8-16/h2-10,18-19,25H,11-14H2,1H3,(H,22,26)/t18-,19+/m0/s1. The first-order valence-electron chi connectivity index (χ1n) is 9.05. The number of hydrogen-bond acceptors (Lipinski definition) is 5. The highest BCUT2D eigenvalue weighted by atomic mass is 16.5. The molecule has 0 saturated carbocycles. The summed E-state index contributed by atoms with van der Waals surface area (Å²) < 4.78 is 5.10. The summed E-state index contributed by atoms with van der Waals surface area (Å²) in [6.45, 7) is 3.34. The topological polar surface area (TPSA) is 78.9 Å². The Balaban J connectivity index is 1.59. The van der Waals surface area contributed by atoms with Crippen molar-refractivity contribution in [3.8, 4) is 5.75 Å². The lowest BCUT2D eigenvalue weighted by atomic mass is 10.0. The highest BCUT2D eigenvalue weighted by Crippen LogP contribution is 2.20. The number of aliphatic hydroxyl groups is 1. The molecule has 1 saturated heterocycles. The highest BCUT2D eigenvalue weighted by molar-refractivity contribution is 5.97. The van der Waals surface area contributed by atoms with Crippen molar-refractivity contribution in [3.63, 3.8) is 0 Å². The second-order valence-electron chi connectivity index (χ2n) is 6.75. The van der Waals surface area contributed by atoms with Crippen LogP contribution in [0.2, 0.25) is 0 Å². The zero-order valence-corrected chi connectivity index (χ0v) is 15.3. The van der Waals surface area contributed by atoms with Gasteiger partial charge in [0.2, 0.25) is 0 Å².